The van der Waals surface area contributed by atoms with Gasteiger partial charge in [-0.15, -0.1) is 11.3 Å². The number of aromatic carboxylic acids is 1. The third-order valence-corrected chi connectivity index (χ3v) is 3.35. The molecule has 0 radical (unpaired) electrons. The number of carbonyl (C=O) groups is 3. The van der Waals surface area contributed by atoms with Gasteiger partial charge in [-0.25, -0.2) is 4.79 Å². The van der Waals surface area contributed by atoms with Crippen molar-refractivity contribution in [3.05, 3.63) is 21.9 Å². The van der Waals surface area contributed by atoms with E-state index in [1.807, 2.05) is 0 Å². The smallest absolute Gasteiger partial charge is 0.345 e. The van der Waals surface area contributed by atoms with Gasteiger partial charge in [0.2, 0.25) is 5.91 Å². The van der Waals surface area contributed by atoms with Crippen molar-refractivity contribution in [2.75, 3.05) is 13.1 Å². The molecule has 0 bridgehead atoms. The zero-order valence-corrected chi connectivity index (χ0v) is 11.5. The molecule has 6 nitrogen and oxygen atoms in total. The fourth-order valence-electron chi connectivity index (χ4n) is 1.23. The molecule has 104 valence electrons. The molecule has 2 amide bonds. The van der Waals surface area contributed by atoms with Crippen molar-refractivity contribution < 1.29 is 19.5 Å². The monoisotopic (exact) mass is 284 g/mol. The predicted octanol–water partition coefficient (Wildman–Crippen LogP) is 0.948. The molecule has 1 heterocycles. The van der Waals surface area contributed by atoms with E-state index in [2.05, 4.69) is 10.6 Å². The Morgan fingerprint density at radius 2 is 1.74 bits per heavy atom. The minimum atomic E-state index is -1.05. The molecule has 0 aliphatic rings. The quantitative estimate of drug-likeness (QED) is 0.678. The van der Waals surface area contributed by atoms with E-state index in [9.17, 15) is 14.4 Å². The Labute approximate surface area is 114 Å². The Morgan fingerprint density at radius 1 is 1.16 bits per heavy atom. The van der Waals surface area contributed by atoms with Crippen LogP contribution in [-0.4, -0.2) is 36.0 Å². The van der Waals surface area contributed by atoms with E-state index in [4.69, 9.17) is 5.11 Å². The van der Waals surface area contributed by atoms with Gasteiger partial charge in [-0.2, -0.15) is 0 Å². The normalized spacial score (nSPS) is 10.3. The van der Waals surface area contributed by atoms with Crippen molar-refractivity contribution >= 4 is 29.1 Å². The largest absolute Gasteiger partial charge is 0.477 e. The topological polar surface area (TPSA) is 95.5 Å². The molecule has 0 fully saturated rings. The lowest BCUT2D eigenvalue weighted by atomic mass is 10.2. The van der Waals surface area contributed by atoms with Crippen LogP contribution in [0.25, 0.3) is 0 Å². The van der Waals surface area contributed by atoms with Crippen LogP contribution in [0.4, 0.5) is 0 Å². The fourth-order valence-corrected chi connectivity index (χ4v) is 1.99. The first-order valence-electron chi connectivity index (χ1n) is 5.81. The molecule has 19 heavy (non-hydrogen) atoms. The van der Waals surface area contributed by atoms with Gasteiger partial charge in [0.1, 0.15) is 4.88 Å². The van der Waals surface area contributed by atoms with Crippen LogP contribution in [0.1, 0.15) is 33.2 Å². The maximum atomic E-state index is 11.7. The molecule has 0 atom stereocenters. The van der Waals surface area contributed by atoms with Crippen molar-refractivity contribution in [3.63, 3.8) is 0 Å². The number of rotatable bonds is 6. The average Bonchev–Trinajstić information content (AvgIpc) is 2.83. The number of amides is 2. The summed E-state index contributed by atoms with van der Waals surface area (Å²) in [6, 6.07) is 2.86. The van der Waals surface area contributed by atoms with Crippen LogP contribution in [0.3, 0.4) is 0 Å². The molecule has 0 aliphatic carbocycles. The second-order valence-electron chi connectivity index (χ2n) is 4.17. The molecule has 1 aromatic heterocycles. The van der Waals surface area contributed by atoms with E-state index >= 15 is 0 Å². The predicted molar refractivity (Wildman–Crippen MR) is 71.5 cm³/mol. The molecule has 7 heteroatoms. The van der Waals surface area contributed by atoms with Gasteiger partial charge in [0, 0.05) is 19.0 Å². The lowest BCUT2D eigenvalue weighted by Crippen LogP contribution is -2.36. The number of hydrogen-bond donors (Lipinski definition) is 3. The van der Waals surface area contributed by atoms with Crippen LogP contribution in [-0.2, 0) is 4.79 Å². The molecule has 3 N–H and O–H groups in total. The summed E-state index contributed by atoms with van der Waals surface area (Å²) < 4.78 is 0. The van der Waals surface area contributed by atoms with E-state index in [1.165, 1.54) is 12.1 Å². The molecule has 0 saturated heterocycles. The number of carboxylic acids is 1. The average molecular weight is 284 g/mol. The van der Waals surface area contributed by atoms with Gasteiger partial charge in [-0.3, -0.25) is 9.59 Å². The summed E-state index contributed by atoms with van der Waals surface area (Å²) in [5, 5.41) is 14.0. The number of thiophene rings is 1. The Hall–Kier alpha value is -1.89. The molecule has 0 unspecified atom stereocenters. The third-order valence-electron chi connectivity index (χ3n) is 2.27. The van der Waals surface area contributed by atoms with Crippen LogP contribution in [0, 0.1) is 5.92 Å². The summed E-state index contributed by atoms with van der Waals surface area (Å²) in [5.74, 6) is -1.55. The van der Waals surface area contributed by atoms with Crippen molar-refractivity contribution in [1.82, 2.24) is 10.6 Å². The molecular weight excluding hydrogens is 268 g/mol. The highest BCUT2D eigenvalue weighted by Crippen LogP contribution is 2.15. The standard InChI is InChI=1S/C12H16N2O4S/c1-7(2)10(15)13-5-6-14-11(16)8-3-4-9(19-8)12(17)18/h3-4,7H,5-6H2,1-2H3,(H,13,15)(H,14,16)(H,17,18). The Morgan fingerprint density at radius 3 is 2.26 bits per heavy atom. The highest BCUT2D eigenvalue weighted by molar-refractivity contribution is 7.15. The summed E-state index contributed by atoms with van der Waals surface area (Å²) >= 11 is 0.919. The summed E-state index contributed by atoms with van der Waals surface area (Å²) in [6.07, 6.45) is 0. The molecule has 0 spiro atoms. The van der Waals surface area contributed by atoms with Crippen LogP contribution >= 0.6 is 11.3 Å². The van der Waals surface area contributed by atoms with Crippen LogP contribution < -0.4 is 10.6 Å². The second-order valence-corrected chi connectivity index (χ2v) is 5.25. The summed E-state index contributed by atoms with van der Waals surface area (Å²) in [5.41, 5.74) is 0. The second kappa shape index (κ2) is 6.89. The van der Waals surface area contributed by atoms with Gasteiger partial charge in [0.15, 0.2) is 0 Å². The van der Waals surface area contributed by atoms with Crippen LogP contribution in [0.15, 0.2) is 12.1 Å². The summed E-state index contributed by atoms with van der Waals surface area (Å²) in [4.78, 5) is 34.0. The molecule has 0 aromatic carbocycles. The number of nitrogens with one attached hydrogen (secondary N) is 2. The number of carbonyl (C=O) groups excluding carboxylic acids is 2. The Balaban J connectivity index is 2.35. The fraction of sp³-hybridized carbons (Fsp3) is 0.417. The highest BCUT2D eigenvalue weighted by Gasteiger charge is 2.12. The maximum Gasteiger partial charge on any atom is 0.345 e. The lowest BCUT2D eigenvalue weighted by molar-refractivity contribution is -0.123. The van der Waals surface area contributed by atoms with Crippen molar-refractivity contribution in [2.45, 2.75) is 13.8 Å². The first-order valence-corrected chi connectivity index (χ1v) is 6.62. The lowest BCUT2D eigenvalue weighted by Gasteiger charge is -2.08. The molecule has 0 saturated carbocycles. The van der Waals surface area contributed by atoms with Gasteiger partial charge in [0.25, 0.3) is 5.91 Å². The highest BCUT2D eigenvalue weighted by atomic mass is 32.1. The van der Waals surface area contributed by atoms with Gasteiger partial charge in [-0.1, -0.05) is 13.8 Å². The Bertz CT molecular complexity index is 482. The number of carboxylic acid groups (broad SMARTS) is 1. The maximum absolute atomic E-state index is 11.7. The van der Waals surface area contributed by atoms with Crippen molar-refractivity contribution in [3.8, 4) is 0 Å². The van der Waals surface area contributed by atoms with Gasteiger partial charge in [-0.05, 0) is 12.1 Å². The third kappa shape index (κ3) is 4.70. The minimum Gasteiger partial charge on any atom is -0.477 e. The molecule has 0 aliphatic heterocycles. The van der Waals surface area contributed by atoms with E-state index in [0.29, 0.717) is 18.0 Å². The zero-order valence-electron chi connectivity index (χ0n) is 10.7. The first-order chi connectivity index (χ1) is 8.91. The summed E-state index contributed by atoms with van der Waals surface area (Å²) in [6.45, 7) is 4.22. The molecule has 1 rings (SSSR count). The molecular formula is C12H16N2O4S. The van der Waals surface area contributed by atoms with E-state index in [-0.39, 0.29) is 22.6 Å². The Kier molecular flexibility index (Phi) is 5.50. The molecule has 1 aromatic rings. The number of hydrogen-bond acceptors (Lipinski definition) is 4. The summed E-state index contributed by atoms with van der Waals surface area (Å²) in [7, 11) is 0. The zero-order chi connectivity index (χ0) is 14.4. The first kappa shape index (κ1) is 15.2. The van der Waals surface area contributed by atoms with Crippen molar-refractivity contribution in [2.24, 2.45) is 5.92 Å². The SMILES string of the molecule is CC(C)C(=O)NCCNC(=O)c1ccc(C(=O)O)s1. The van der Waals surface area contributed by atoms with Gasteiger partial charge in [0.05, 0.1) is 4.88 Å². The van der Waals surface area contributed by atoms with E-state index < -0.39 is 5.97 Å². The van der Waals surface area contributed by atoms with E-state index in [0.717, 1.165) is 11.3 Å². The van der Waals surface area contributed by atoms with E-state index in [1.54, 1.807) is 13.8 Å². The minimum absolute atomic E-state index is 0.0708. The van der Waals surface area contributed by atoms with Crippen molar-refractivity contribution in [1.29, 1.82) is 0 Å². The van der Waals surface area contributed by atoms with Crippen LogP contribution in [0.2, 0.25) is 0 Å². The van der Waals surface area contributed by atoms with Crippen LogP contribution in [0.5, 0.6) is 0 Å². The van der Waals surface area contributed by atoms with Gasteiger partial charge >= 0.3 is 5.97 Å². The van der Waals surface area contributed by atoms with Gasteiger partial charge < -0.3 is 15.7 Å².